The minimum atomic E-state index is -0.395. The van der Waals surface area contributed by atoms with Crippen LogP contribution in [0.15, 0.2) is 36.4 Å². The summed E-state index contributed by atoms with van der Waals surface area (Å²) in [5, 5.41) is 5.93. The van der Waals surface area contributed by atoms with Crippen molar-refractivity contribution in [3.05, 3.63) is 58.1 Å². The molecule has 6 heteroatoms. The molecule has 0 aliphatic rings. The van der Waals surface area contributed by atoms with E-state index in [0.717, 1.165) is 22.4 Å². The Labute approximate surface area is 158 Å². The molecule has 2 N–H and O–H groups in total. The molecule has 0 fully saturated rings. The van der Waals surface area contributed by atoms with Gasteiger partial charge in [0.25, 0.3) is 0 Å². The number of carbonyl (C=O) groups is 2. The lowest BCUT2D eigenvalue weighted by Gasteiger charge is -2.12. The Bertz CT molecular complexity index is 782. The average Bonchev–Trinajstić information content (AvgIpc) is 2.58. The van der Waals surface area contributed by atoms with Crippen molar-refractivity contribution >= 4 is 29.1 Å². The highest BCUT2D eigenvalue weighted by atomic mass is 35.5. The third-order valence-corrected chi connectivity index (χ3v) is 4.22. The van der Waals surface area contributed by atoms with E-state index in [1.54, 1.807) is 13.2 Å². The van der Waals surface area contributed by atoms with Gasteiger partial charge >= 0.3 is 0 Å². The summed E-state index contributed by atoms with van der Waals surface area (Å²) in [6, 6.07) is 11.3. The van der Waals surface area contributed by atoms with Crippen molar-refractivity contribution < 1.29 is 14.3 Å². The van der Waals surface area contributed by atoms with Crippen LogP contribution in [-0.2, 0) is 16.0 Å². The molecule has 0 atom stereocenters. The van der Waals surface area contributed by atoms with Gasteiger partial charge in [-0.25, -0.2) is 0 Å². The Morgan fingerprint density at radius 1 is 1.12 bits per heavy atom. The van der Waals surface area contributed by atoms with Gasteiger partial charge in [0, 0.05) is 6.54 Å². The van der Waals surface area contributed by atoms with Crippen LogP contribution in [0, 0.1) is 13.8 Å². The molecular weight excluding hydrogens is 352 g/mol. The molecule has 5 nitrogen and oxygen atoms in total. The van der Waals surface area contributed by atoms with Crippen molar-refractivity contribution in [2.75, 3.05) is 19.0 Å². The molecule has 0 radical (unpaired) electrons. The second-order valence-electron chi connectivity index (χ2n) is 6.08. The number of nitrogens with one attached hydrogen (secondary N) is 2. The van der Waals surface area contributed by atoms with Gasteiger partial charge in [-0.1, -0.05) is 35.9 Å². The third-order valence-electron chi connectivity index (χ3n) is 3.93. The fraction of sp³-hybridized carbons (Fsp3) is 0.300. The van der Waals surface area contributed by atoms with Gasteiger partial charge < -0.3 is 15.4 Å². The summed E-state index contributed by atoms with van der Waals surface area (Å²) in [6.45, 7) is 4.22. The van der Waals surface area contributed by atoms with Crippen LogP contribution in [0.4, 0.5) is 5.69 Å². The second-order valence-corrected chi connectivity index (χ2v) is 6.48. The topological polar surface area (TPSA) is 67.4 Å². The highest BCUT2D eigenvalue weighted by molar-refractivity contribution is 6.34. The zero-order valence-electron chi connectivity index (χ0n) is 15.2. The van der Waals surface area contributed by atoms with Crippen LogP contribution in [0.25, 0.3) is 0 Å². The summed E-state index contributed by atoms with van der Waals surface area (Å²) in [4.78, 5) is 24.1. The minimum absolute atomic E-state index is 0.254. The number of ether oxygens (including phenoxy) is 1. The van der Waals surface area contributed by atoms with Crippen LogP contribution in [-0.4, -0.2) is 25.5 Å². The van der Waals surface area contributed by atoms with Gasteiger partial charge in [0.05, 0.1) is 17.8 Å². The molecule has 0 unspecified atom stereocenters. The number of halogens is 1. The van der Waals surface area contributed by atoms with Crippen molar-refractivity contribution in [3.8, 4) is 5.75 Å². The maximum atomic E-state index is 12.1. The third kappa shape index (κ3) is 5.49. The first-order valence-corrected chi connectivity index (χ1v) is 8.73. The lowest BCUT2D eigenvalue weighted by atomic mass is 10.1. The minimum Gasteiger partial charge on any atom is -0.496 e. The second kappa shape index (κ2) is 9.25. The number of rotatable bonds is 7. The molecule has 2 amide bonds. The highest BCUT2D eigenvalue weighted by Crippen LogP contribution is 2.27. The molecule has 0 saturated carbocycles. The molecule has 2 aromatic carbocycles. The zero-order chi connectivity index (χ0) is 19.1. The number of methoxy groups -OCH3 is 1. The Kier molecular flexibility index (Phi) is 7.04. The predicted molar refractivity (Wildman–Crippen MR) is 104 cm³/mol. The van der Waals surface area contributed by atoms with Gasteiger partial charge in [0.15, 0.2) is 0 Å². The van der Waals surface area contributed by atoms with E-state index in [1.165, 1.54) is 0 Å². The quantitative estimate of drug-likeness (QED) is 0.727. The lowest BCUT2D eigenvalue weighted by Crippen LogP contribution is -2.30. The maximum absolute atomic E-state index is 12.1. The van der Waals surface area contributed by atoms with Crippen molar-refractivity contribution in [2.24, 2.45) is 0 Å². The van der Waals surface area contributed by atoms with Crippen LogP contribution in [0.1, 0.15) is 23.1 Å². The van der Waals surface area contributed by atoms with E-state index >= 15 is 0 Å². The zero-order valence-corrected chi connectivity index (χ0v) is 15.9. The van der Waals surface area contributed by atoms with Crippen molar-refractivity contribution in [1.29, 1.82) is 0 Å². The van der Waals surface area contributed by atoms with Gasteiger partial charge in [-0.15, -0.1) is 0 Å². The predicted octanol–water partition coefficient (Wildman–Crippen LogP) is 3.65. The lowest BCUT2D eigenvalue weighted by molar-refractivity contribution is -0.126. The Morgan fingerprint density at radius 3 is 2.54 bits per heavy atom. The Balaban J connectivity index is 1.83. The first-order chi connectivity index (χ1) is 12.4. The molecule has 0 aliphatic heterocycles. The summed E-state index contributed by atoms with van der Waals surface area (Å²) in [5.41, 5.74) is 3.42. The maximum Gasteiger partial charge on any atom is 0.233 e. The monoisotopic (exact) mass is 374 g/mol. The molecule has 138 valence electrons. The van der Waals surface area contributed by atoms with Gasteiger partial charge in [0.1, 0.15) is 12.2 Å². The molecule has 0 heterocycles. The van der Waals surface area contributed by atoms with E-state index in [1.807, 2.05) is 44.2 Å². The van der Waals surface area contributed by atoms with Gasteiger partial charge in [-0.3, -0.25) is 9.59 Å². The molecule has 0 aromatic heterocycles. The summed E-state index contributed by atoms with van der Waals surface area (Å²) >= 11 is 6.17. The summed E-state index contributed by atoms with van der Waals surface area (Å²) in [5.74, 6) is 0.0518. The number of anilines is 1. The number of hydrogen-bond donors (Lipinski definition) is 2. The normalized spacial score (nSPS) is 10.3. The van der Waals surface area contributed by atoms with Crippen LogP contribution in [0.5, 0.6) is 5.75 Å². The van der Waals surface area contributed by atoms with Gasteiger partial charge in [-0.05, 0) is 49.1 Å². The fourth-order valence-corrected chi connectivity index (χ4v) is 3.08. The Hall–Kier alpha value is -2.53. The van der Waals surface area contributed by atoms with Gasteiger partial charge in [0.2, 0.25) is 11.8 Å². The van der Waals surface area contributed by atoms with E-state index in [0.29, 0.717) is 23.7 Å². The van der Waals surface area contributed by atoms with Crippen LogP contribution in [0.3, 0.4) is 0 Å². The van der Waals surface area contributed by atoms with E-state index in [-0.39, 0.29) is 12.3 Å². The van der Waals surface area contributed by atoms with Crippen LogP contribution in [0.2, 0.25) is 5.02 Å². The number of hydrogen-bond acceptors (Lipinski definition) is 3. The van der Waals surface area contributed by atoms with Crippen LogP contribution >= 0.6 is 11.6 Å². The Morgan fingerprint density at radius 2 is 1.85 bits per heavy atom. The van der Waals surface area contributed by atoms with Crippen molar-refractivity contribution in [1.82, 2.24) is 5.32 Å². The molecule has 26 heavy (non-hydrogen) atoms. The molecule has 2 rings (SSSR count). The summed E-state index contributed by atoms with van der Waals surface area (Å²) < 4.78 is 5.28. The smallest absolute Gasteiger partial charge is 0.233 e. The number of aryl methyl sites for hydroxylation is 2. The standard InChI is InChI=1S/C20H23ClN2O3/c1-13-10-14(2)20(16(21)11-13)23-19(25)12-18(24)22-9-8-15-6-4-5-7-17(15)26-3/h4-7,10-11H,8-9,12H2,1-3H3,(H,22,24)(H,23,25). The number of para-hydroxylation sites is 1. The number of amides is 2. The summed E-state index contributed by atoms with van der Waals surface area (Å²) in [6.07, 6.45) is 0.371. The molecular formula is C20H23ClN2O3. The van der Waals surface area contributed by atoms with Gasteiger partial charge in [-0.2, -0.15) is 0 Å². The van der Waals surface area contributed by atoms with E-state index in [9.17, 15) is 9.59 Å². The molecule has 2 aromatic rings. The van der Waals surface area contributed by atoms with Crippen molar-refractivity contribution in [3.63, 3.8) is 0 Å². The number of carbonyl (C=O) groups excluding carboxylic acids is 2. The largest absolute Gasteiger partial charge is 0.496 e. The molecule has 0 aliphatic carbocycles. The summed E-state index contributed by atoms with van der Waals surface area (Å²) in [7, 11) is 1.61. The number of benzene rings is 2. The van der Waals surface area contributed by atoms with Crippen molar-refractivity contribution in [2.45, 2.75) is 26.7 Å². The average molecular weight is 375 g/mol. The van der Waals surface area contributed by atoms with E-state index in [4.69, 9.17) is 16.3 Å². The van der Waals surface area contributed by atoms with Crippen LogP contribution < -0.4 is 15.4 Å². The SMILES string of the molecule is COc1ccccc1CCNC(=O)CC(=O)Nc1c(C)cc(C)cc1Cl. The van der Waals surface area contributed by atoms with E-state index < -0.39 is 5.91 Å². The first-order valence-electron chi connectivity index (χ1n) is 8.36. The molecule has 0 spiro atoms. The van der Waals surface area contributed by atoms with E-state index in [2.05, 4.69) is 10.6 Å². The first kappa shape index (κ1) is 19.8. The molecule has 0 saturated heterocycles. The highest BCUT2D eigenvalue weighted by Gasteiger charge is 2.13. The molecule has 0 bridgehead atoms. The fourth-order valence-electron chi connectivity index (χ4n) is 2.71.